The summed E-state index contributed by atoms with van der Waals surface area (Å²) in [6.07, 6.45) is 24.1. The molecule has 0 rings (SSSR count). The first kappa shape index (κ1) is 20.9. The highest BCUT2D eigenvalue weighted by Gasteiger charge is 1.94. The van der Waals surface area contributed by atoms with Crippen molar-refractivity contribution in [2.45, 2.75) is 89.9 Å². The van der Waals surface area contributed by atoms with Gasteiger partial charge < -0.3 is 5.11 Å². The van der Waals surface area contributed by atoms with E-state index in [0.717, 1.165) is 12.2 Å². The molecule has 1 N–H and O–H groups in total. The number of terminal acetylenes is 1. The van der Waals surface area contributed by atoms with Crippen molar-refractivity contribution in [1.29, 1.82) is 0 Å². The predicted molar refractivity (Wildman–Crippen MR) is 97.9 cm³/mol. The van der Waals surface area contributed by atoms with E-state index in [1.807, 2.05) is 11.8 Å². The lowest BCUT2D eigenvalue weighted by Gasteiger charge is -2.03. The maximum atomic E-state index is 8.66. The van der Waals surface area contributed by atoms with Gasteiger partial charge in [-0.15, -0.1) is 12.3 Å². The predicted octanol–water partition coefficient (Wildman–Crippen LogP) is 5.81. The van der Waals surface area contributed by atoms with E-state index in [1.165, 1.54) is 89.2 Å². The Morgan fingerprint density at radius 3 is 1.48 bits per heavy atom. The summed E-state index contributed by atoms with van der Waals surface area (Å²) in [6, 6.07) is 0. The lowest BCUT2D eigenvalue weighted by atomic mass is 10.0. The summed E-state index contributed by atoms with van der Waals surface area (Å²) < 4.78 is 0. The molecule has 0 spiro atoms. The first-order valence-corrected chi connectivity index (χ1v) is 10.2. The Bertz CT molecular complexity index is 222. The Labute approximate surface area is 137 Å². The molecule has 0 fully saturated rings. The van der Waals surface area contributed by atoms with Crippen molar-refractivity contribution < 1.29 is 5.11 Å². The first-order chi connectivity index (χ1) is 10.4. The second-order valence-corrected chi connectivity index (χ2v) is 7.11. The fourth-order valence-corrected chi connectivity index (χ4v) is 3.28. The van der Waals surface area contributed by atoms with Crippen LogP contribution in [-0.2, 0) is 0 Å². The van der Waals surface area contributed by atoms with Crippen molar-refractivity contribution in [2.75, 3.05) is 18.1 Å². The number of aliphatic hydroxyl groups excluding tert-OH is 1. The molecule has 0 radical (unpaired) electrons. The molecule has 0 amide bonds. The lowest BCUT2D eigenvalue weighted by molar-refractivity contribution is 0.322. The Kier molecular flexibility index (Phi) is 19.7. The third kappa shape index (κ3) is 19.9. The van der Waals surface area contributed by atoms with Gasteiger partial charge in [0, 0.05) is 12.2 Å². The van der Waals surface area contributed by atoms with Crippen LogP contribution in [0.1, 0.15) is 89.9 Å². The minimum atomic E-state index is 0.329. The van der Waals surface area contributed by atoms with Crippen molar-refractivity contribution in [1.82, 2.24) is 0 Å². The van der Waals surface area contributed by atoms with Gasteiger partial charge in [-0.25, -0.2) is 0 Å². The average molecular weight is 313 g/mol. The Morgan fingerprint density at radius 1 is 0.619 bits per heavy atom. The van der Waals surface area contributed by atoms with Crippen LogP contribution in [0.4, 0.5) is 0 Å². The van der Waals surface area contributed by atoms with E-state index in [0.29, 0.717) is 6.61 Å². The molecule has 0 saturated heterocycles. The van der Waals surface area contributed by atoms with Crippen LogP contribution in [0.3, 0.4) is 0 Å². The van der Waals surface area contributed by atoms with Gasteiger partial charge in [-0.05, 0) is 18.6 Å². The smallest absolute Gasteiger partial charge is 0.0521 e. The van der Waals surface area contributed by atoms with Crippen molar-refractivity contribution in [3.8, 4) is 12.3 Å². The summed E-state index contributed by atoms with van der Waals surface area (Å²) in [5, 5.41) is 8.66. The number of hydrogen-bond donors (Lipinski definition) is 1. The fourth-order valence-electron chi connectivity index (χ4n) is 2.54. The molecule has 124 valence electrons. The summed E-state index contributed by atoms with van der Waals surface area (Å²) in [4.78, 5) is 0. The molecule has 0 heterocycles. The summed E-state index contributed by atoms with van der Waals surface area (Å²) in [6.45, 7) is 0.329. The molecule has 0 unspecified atom stereocenters. The van der Waals surface area contributed by atoms with Gasteiger partial charge in [0.1, 0.15) is 0 Å². The zero-order chi connectivity index (χ0) is 15.4. The summed E-state index contributed by atoms with van der Waals surface area (Å²) >= 11 is 1.88. The third-order valence-electron chi connectivity index (χ3n) is 3.85. The van der Waals surface area contributed by atoms with E-state index >= 15 is 0 Å². The van der Waals surface area contributed by atoms with Crippen LogP contribution in [0, 0.1) is 12.3 Å². The highest BCUT2D eigenvalue weighted by molar-refractivity contribution is 7.99. The SMILES string of the molecule is C#CCCCCCCCCCCCCCCCSCCO. The van der Waals surface area contributed by atoms with Crippen LogP contribution in [0.15, 0.2) is 0 Å². The van der Waals surface area contributed by atoms with Gasteiger partial charge in [0.15, 0.2) is 0 Å². The van der Waals surface area contributed by atoms with Crippen molar-refractivity contribution in [3.05, 3.63) is 0 Å². The molecular weight excluding hydrogens is 276 g/mol. The van der Waals surface area contributed by atoms with E-state index in [-0.39, 0.29) is 0 Å². The average Bonchev–Trinajstić information content (AvgIpc) is 2.50. The van der Waals surface area contributed by atoms with Gasteiger partial charge in [0.05, 0.1) is 6.61 Å². The fraction of sp³-hybridized carbons (Fsp3) is 0.895. The van der Waals surface area contributed by atoms with Crippen LogP contribution >= 0.6 is 11.8 Å². The molecule has 2 heteroatoms. The topological polar surface area (TPSA) is 20.2 Å². The molecule has 0 saturated carbocycles. The zero-order valence-electron chi connectivity index (χ0n) is 14.0. The van der Waals surface area contributed by atoms with Gasteiger partial charge in [0.2, 0.25) is 0 Å². The van der Waals surface area contributed by atoms with Crippen molar-refractivity contribution in [3.63, 3.8) is 0 Å². The minimum Gasteiger partial charge on any atom is -0.396 e. The highest BCUT2D eigenvalue weighted by atomic mass is 32.2. The highest BCUT2D eigenvalue weighted by Crippen LogP contribution is 2.13. The van der Waals surface area contributed by atoms with Gasteiger partial charge in [-0.2, -0.15) is 11.8 Å². The van der Waals surface area contributed by atoms with E-state index in [9.17, 15) is 0 Å². The molecule has 0 atom stereocenters. The Morgan fingerprint density at radius 2 is 1.05 bits per heavy atom. The molecular formula is C19H36OS. The largest absolute Gasteiger partial charge is 0.396 e. The van der Waals surface area contributed by atoms with Gasteiger partial charge in [-0.3, -0.25) is 0 Å². The van der Waals surface area contributed by atoms with Crippen LogP contribution in [0.25, 0.3) is 0 Å². The second-order valence-electron chi connectivity index (χ2n) is 5.89. The normalized spacial score (nSPS) is 10.7. The number of unbranched alkanes of at least 4 members (excludes halogenated alkanes) is 13. The molecule has 0 aromatic carbocycles. The van der Waals surface area contributed by atoms with E-state index < -0.39 is 0 Å². The summed E-state index contributed by atoms with van der Waals surface area (Å²) in [5.74, 6) is 4.84. The molecule has 0 aromatic rings. The standard InChI is InChI=1S/C19H36OS/c1-2-3-4-5-6-7-8-9-10-11-12-13-14-15-16-18-21-19-17-20/h1,20H,3-19H2. The van der Waals surface area contributed by atoms with Crippen LogP contribution in [0.2, 0.25) is 0 Å². The number of thioether (sulfide) groups is 1. The van der Waals surface area contributed by atoms with Crippen molar-refractivity contribution >= 4 is 11.8 Å². The van der Waals surface area contributed by atoms with E-state index in [2.05, 4.69) is 5.92 Å². The number of rotatable bonds is 17. The minimum absolute atomic E-state index is 0.329. The molecule has 0 aromatic heterocycles. The lowest BCUT2D eigenvalue weighted by Crippen LogP contribution is -1.89. The molecule has 0 aliphatic heterocycles. The summed E-state index contributed by atoms with van der Waals surface area (Å²) in [5.41, 5.74) is 0. The molecule has 21 heavy (non-hydrogen) atoms. The maximum absolute atomic E-state index is 8.66. The second kappa shape index (κ2) is 19.9. The third-order valence-corrected chi connectivity index (χ3v) is 4.89. The van der Waals surface area contributed by atoms with Gasteiger partial charge in [0.25, 0.3) is 0 Å². The van der Waals surface area contributed by atoms with Crippen LogP contribution in [0.5, 0.6) is 0 Å². The maximum Gasteiger partial charge on any atom is 0.0521 e. The quantitative estimate of drug-likeness (QED) is 0.270. The monoisotopic (exact) mass is 312 g/mol. The first-order valence-electron chi connectivity index (χ1n) is 9.04. The Balaban J connectivity index is 2.92. The van der Waals surface area contributed by atoms with Crippen molar-refractivity contribution in [2.24, 2.45) is 0 Å². The Hall–Kier alpha value is -0.130. The summed E-state index contributed by atoms with van der Waals surface area (Å²) in [7, 11) is 0. The number of hydrogen-bond acceptors (Lipinski definition) is 2. The van der Waals surface area contributed by atoms with Crippen LogP contribution < -0.4 is 0 Å². The molecule has 0 aliphatic rings. The number of aliphatic hydroxyl groups is 1. The van der Waals surface area contributed by atoms with E-state index in [4.69, 9.17) is 11.5 Å². The molecule has 0 bridgehead atoms. The molecule has 1 nitrogen and oxygen atoms in total. The van der Waals surface area contributed by atoms with Gasteiger partial charge in [-0.1, -0.05) is 70.6 Å². The molecule has 0 aliphatic carbocycles. The van der Waals surface area contributed by atoms with Gasteiger partial charge >= 0.3 is 0 Å². The van der Waals surface area contributed by atoms with Crippen LogP contribution in [-0.4, -0.2) is 23.2 Å². The zero-order valence-corrected chi connectivity index (χ0v) is 14.8. The van der Waals surface area contributed by atoms with E-state index in [1.54, 1.807) is 0 Å².